The summed E-state index contributed by atoms with van der Waals surface area (Å²) in [5, 5.41) is 10.3. The van der Waals surface area contributed by atoms with Gasteiger partial charge < -0.3 is 5.11 Å². The molecule has 3 heteroatoms. The summed E-state index contributed by atoms with van der Waals surface area (Å²) in [4.78, 5) is 8.50. The van der Waals surface area contributed by atoms with E-state index in [1.165, 1.54) is 5.56 Å². The van der Waals surface area contributed by atoms with Crippen LogP contribution >= 0.6 is 0 Å². The minimum atomic E-state index is -0.516. The first-order chi connectivity index (χ1) is 9.24. The third-order valence-corrected chi connectivity index (χ3v) is 3.38. The van der Waals surface area contributed by atoms with Gasteiger partial charge in [-0.15, -0.1) is 0 Å². The van der Waals surface area contributed by atoms with Crippen LogP contribution in [0.4, 0.5) is 0 Å². The lowest BCUT2D eigenvalue weighted by Crippen LogP contribution is -2.06. The third kappa shape index (κ3) is 3.38. The molecule has 0 amide bonds. The minimum absolute atomic E-state index is 0.516. The van der Waals surface area contributed by atoms with E-state index in [9.17, 15) is 5.11 Å². The van der Waals surface area contributed by atoms with E-state index in [0.29, 0.717) is 6.42 Å². The molecule has 0 radical (unpaired) electrons. The Hall–Kier alpha value is -1.74. The number of hydrogen-bond donors (Lipinski definition) is 1. The minimum Gasteiger partial charge on any atom is -0.388 e. The maximum absolute atomic E-state index is 10.3. The van der Waals surface area contributed by atoms with Crippen LogP contribution in [0.3, 0.4) is 0 Å². The summed E-state index contributed by atoms with van der Waals surface area (Å²) >= 11 is 0. The van der Waals surface area contributed by atoms with Crippen molar-refractivity contribution in [3.8, 4) is 0 Å². The molecule has 0 saturated carbocycles. The van der Waals surface area contributed by atoms with E-state index in [4.69, 9.17) is 0 Å². The fraction of sp³-hybridized carbons (Fsp3) is 0.375. The van der Waals surface area contributed by atoms with Gasteiger partial charge >= 0.3 is 0 Å². The lowest BCUT2D eigenvalue weighted by Gasteiger charge is -2.14. The fourth-order valence-corrected chi connectivity index (χ4v) is 2.15. The van der Waals surface area contributed by atoms with Gasteiger partial charge in [-0.3, -0.25) is 9.97 Å². The van der Waals surface area contributed by atoms with E-state index in [1.54, 1.807) is 6.20 Å². The maximum Gasteiger partial charge on any atom is 0.0849 e. The molecule has 1 atom stereocenters. The van der Waals surface area contributed by atoms with Gasteiger partial charge in [0, 0.05) is 30.7 Å². The standard InChI is InChI=1S/C16H20N2O/c1-3-12-5-6-14(18-10-12)9-16(19)15-7-8-17-11-13(15)4-2/h5-8,10-11,16,19H,3-4,9H2,1-2H3. The second kappa shape index (κ2) is 6.43. The molecule has 0 aliphatic carbocycles. The SMILES string of the molecule is CCc1ccc(CC(O)c2ccncc2CC)nc1. The molecule has 2 aromatic heterocycles. The van der Waals surface area contributed by atoms with Gasteiger partial charge in [-0.05, 0) is 41.7 Å². The average Bonchev–Trinajstić information content (AvgIpc) is 2.48. The van der Waals surface area contributed by atoms with Gasteiger partial charge in [0.25, 0.3) is 0 Å². The van der Waals surface area contributed by atoms with Crippen LogP contribution in [0.2, 0.25) is 0 Å². The first-order valence-corrected chi connectivity index (χ1v) is 6.79. The fourth-order valence-electron chi connectivity index (χ4n) is 2.15. The van der Waals surface area contributed by atoms with Gasteiger partial charge in [-0.1, -0.05) is 19.9 Å². The van der Waals surface area contributed by atoms with Crippen molar-refractivity contribution in [3.63, 3.8) is 0 Å². The van der Waals surface area contributed by atoms with Crippen LogP contribution in [0.25, 0.3) is 0 Å². The summed E-state index contributed by atoms with van der Waals surface area (Å²) in [7, 11) is 0. The van der Waals surface area contributed by atoms with E-state index < -0.39 is 6.10 Å². The van der Waals surface area contributed by atoms with Gasteiger partial charge in [-0.25, -0.2) is 0 Å². The van der Waals surface area contributed by atoms with Crippen molar-refractivity contribution in [1.82, 2.24) is 9.97 Å². The third-order valence-electron chi connectivity index (χ3n) is 3.38. The highest BCUT2D eigenvalue weighted by Gasteiger charge is 2.12. The van der Waals surface area contributed by atoms with Gasteiger partial charge in [-0.2, -0.15) is 0 Å². The Morgan fingerprint density at radius 2 is 1.95 bits per heavy atom. The Morgan fingerprint density at radius 3 is 2.58 bits per heavy atom. The van der Waals surface area contributed by atoms with Crippen molar-refractivity contribution in [2.24, 2.45) is 0 Å². The highest BCUT2D eigenvalue weighted by atomic mass is 16.3. The van der Waals surface area contributed by atoms with Crippen LogP contribution < -0.4 is 0 Å². The lowest BCUT2D eigenvalue weighted by atomic mass is 9.99. The van der Waals surface area contributed by atoms with Crippen molar-refractivity contribution < 1.29 is 5.11 Å². The van der Waals surface area contributed by atoms with E-state index in [0.717, 1.165) is 29.7 Å². The molecular formula is C16H20N2O. The molecular weight excluding hydrogens is 236 g/mol. The van der Waals surface area contributed by atoms with Crippen LogP contribution in [0.5, 0.6) is 0 Å². The van der Waals surface area contributed by atoms with Crippen molar-refractivity contribution in [2.45, 2.75) is 39.2 Å². The zero-order valence-electron chi connectivity index (χ0n) is 11.5. The molecule has 0 aliphatic heterocycles. The van der Waals surface area contributed by atoms with Gasteiger partial charge in [0.05, 0.1) is 6.10 Å². The molecule has 2 heterocycles. The van der Waals surface area contributed by atoms with Gasteiger partial charge in [0.1, 0.15) is 0 Å². The summed E-state index contributed by atoms with van der Waals surface area (Å²) in [5.41, 5.74) is 4.19. The summed E-state index contributed by atoms with van der Waals surface area (Å²) in [5.74, 6) is 0. The van der Waals surface area contributed by atoms with Gasteiger partial charge in [0.15, 0.2) is 0 Å². The van der Waals surface area contributed by atoms with Crippen molar-refractivity contribution in [1.29, 1.82) is 0 Å². The summed E-state index contributed by atoms with van der Waals surface area (Å²) < 4.78 is 0. The van der Waals surface area contributed by atoms with E-state index in [2.05, 4.69) is 29.9 Å². The molecule has 0 aliphatic rings. The number of hydrogen-bond acceptors (Lipinski definition) is 3. The van der Waals surface area contributed by atoms with E-state index >= 15 is 0 Å². The average molecular weight is 256 g/mol. The molecule has 0 aromatic carbocycles. The molecule has 100 valence electrons. The largest absolute Gasteiger partial charge is 0.388 e. The predicted octanol–water partition coefficient (Wildman–Crippen LogP) is 2.88. The topological polar surface area (TPSA) is 46.0 Å². The van der Waals surface area contributed by atoms with E-state index in [-0.39, 0.29) is 0 Å². The number of rotatable bonds is 5. The number of aliphatic hydroxyl groups is 1. The molecule has 2 rings (SSSR count). The summed E-state index contributed by atoms with van der Waals surface area (Å²) in [6.45, 7) is 4.18. The molecule has 0 spiro atoms. The summed E-state index contributed by atoms with van der Waals surface area (Å²) in [6, 6.07) is 5.96. The molecule has 0 fully saturated rings. The summed E-state index contributed by atoms with van der Waals surface area (Å²) in [6.07, 6.45) is 7.33. The highest BCUT2D eigenvalue weighted by Crippen LogP contribution is 2.21. The molecule has 3 nitrogen and oxygen atoms in total. The number of nitrogens with zero attached hydrogens (tertiary/aromatic N) is 2. The van der Waals surface area contributed by atoms with Crippen molar-refractivity contribution >= 4 is 0 Å². The molecule has 19 heavy (non-hydrogen) atoms. The molecule has 0 saturated heterocycles. The highest BCUT2D eigenvalue weighted by molar-refractivity contribution is 5.27. The number of aliphatic hydroxyl groups excluding tert-OH is 1. The molecule has 2 aromatic rings. The van der Waals surface area contributed by atoms with Crippen molar-refractivity contribution in [3.05, 3.63) is 59.2 Å². The number of pyridine rings is 2. The quantitative estimate of drug-likeness (QED) is 0.894. The Balaban J connectivity index is 2.13. The molecule has 1 unspecified atom stereocenters. The normalized spacial score (nSPS) is 12.4. The predicted molar refractivity (Wildman–Crippen MR) is 75.9 cm³/mol. The molecule has 0 bridgehead atoms. The van der Waals surface area contributed by atoms with Crippen LogP contribution in [0, 0.1) is 0 Å². The first-order valence-electron chi connectivity index (χ1n) is 6.79. The Morgan fingerprint density at radius 1 is 1.11 bits per heavy atom. The second-order valence-corrected chi connectivity index (χ2v) is 4.66. The Kier molecular flexibility index (Phi) is 4.63. The zero-order valence-corrected chi connectivity index (χ0v) is 11.5. The van der Waals surface area contributed by atoms with Crippen LogP contribution in [0.1, 0.15) is 42.3 Å². The van der Waals surface area contributed by atoms with Crippen LogP contribution in [0.15, 0.2) is 36.8 Å². The lowest BCUT2D eigenvalue weighted by molar-refractivity contribution is 0.176. The smallest absolute Gasteiger partial charge is 0.0849 e. The van der Waals surface area contributed by atoms with Crippen LogP contribution in [-0.2, 0) is 19.3 Å². The Labute approximate surface area is 114 Å². The number of aromatic nitrogens is 2. The zero-order chi connectivity index (χ0) is 13.7. The van der Waals surface area contributed by atoms with Gasteiger partial charge in [0.2, 0.25) is 0 Å². The number of aryl methyl sites for hydroxylation is 2. The van der Waals surface area contributed by atoms with Crippen molar-refractivity contribution in [2.75, 3.05) is 0 Å². The second-order valence-electron chi connectivity index (χ2n) is 4.66. The maximum atomic E-state index is 10.3. The monoisotopic (exact) mass is 256 g/mol. The van der Waals surface area contributed by atoms with E-state index in [1.807, 2.05) is 24.5 Å². The van der Waals surface area contributed by atoms with Crippen LogP contribution in [-0.4, -0.2) is 15.1 Å². The Bertz CT molecular complexity index is 523. The molecule has 1 N–H and O–H groups in total. The first kappa shape index (κ1) is 13.7.